The third-order valence-electron chi connectivity index (χ3n) is 5.24. The van der Waals surface area contributed by atoms with Crippen LogP contribution in [0.1, 0.15) is 31.2 Å². The van der Waals surface area contributed by atoms with E-state index in [0.717, 1.165) is 18.4 Å². The maximum atomic E-state index is 12.9. The zero-order valence-corrected chi connectivity index (χ0v) is 15.6. The average molecular weight is 374 g/mol. The monoisotopic (exact) mass is 374 g/mol. The van der Waals surface area contributed by atoms with E-state index in [1.807, 2.05) is 30.3 Å². The Bertz CT molecular complexity index is 678. The van der Waals surface area contributed by atoms with Crippen LogP contribution in [0.2, 0.25) is 0 Å². The number of methoxy groups -OCH3 is 1. The first-order valence-electron chi connectivity index (χ1n) is 9.44. The van der Waals surface area contributed by atoms with Gasteiger partial charge in [-0.25, -0.2) is 9.59 Å². The van der Waals surface area contributed by atoms with Crippen molar-refractivity contribution in [3.63, 3.8) is 0 Å². The number of carbonyl (C=O) groups excluding carboxylic acids is 3. The molecule has 0 spiro atoms. The van der Waals surface area contributed by atoms with Gasteiger partial charge in [0.2, 0.25) is 5.91 Å². The lowest BCUT2D eigenvalue weighted by Gasteiger charge is -2.34. The highest BCUT2D eigenvalue weighted by atomic mass is 16.6. The fourth-order valence-electron chi connectivity index (χ4n) is 3.80. The Morgan fingerprint density at radius 2 is 1.81 bits per heavy atom. The molecule has 2 aliphatic rings. The second-order valence-corrected chi connectivity index (χ2v) is 7.04. The zero-order valence-electron chi connectivity index (χ0n) is 15.6. The summed E-state index contributed by atoms with van der Waals surface area (Å²) in [5.74, 6) is -0.729. The van der Waals surface area contributed by atoms with Gasteiger partial charge in [0.15, 0.2) is 0 Å². The Morgan fingerprint density at radius 1 is 1.07 bits per heavy atom. The van der Waals surface area contributed by atoms with Crippen molar-refractivity contribution in [3.05, 3.63) is 35.9 Å². The molecule has 146 valence electrons. The van der Waals surface area contributed by atoms with Crippen LogP contribution in [0.25, 0.3) is 0 Å². The molecular formula is C20H26N2O5. The summed E-state index contributed by atoms with van der Waals surface area (Å²) >= 11 is 0. The van der Waals surface area contributed by atoms with E-state index in [1.165, 1.54) is 7.11 Å². The first-order chi connectivity index (χ1) is 13.1. The van der Waals surface area contributed by atoms with Crippen LogP contribution in [0.4, 0.5) is 4.79 Å². The third kappa shape index (κ3) is 4.59. The lowest BCUT2D eigenvalue weighted by molar-refractivity contribution is -0.153. The highest BCUT2D eigenvalue weighted by Gasteiger charge is 2.39. The third-order valence-corrected chi connectivity index (χ3v) is 5.24. The van der Waals surface area contributed by atoms with Crippen molar-refractivity contribution < 1.29 is 23.9 Å². The van der Waals surface area contributed by atoms with Gasteiger partial charge in [-0.05, 0) is 31.2 Å². The number of hydrogen-bond donors (Lipinski definition) is 0. The van der Waals surface area contributed by atoms with E-state index < -0.39 is 12.1 Å². The van der Waals surface area contributed by atoms with Crippen molar-refractivity contribution in [1.29, 1.82) is 0 Å². The Balaban J connectivity index is 1.56. The van der Waals surface area contributed by atoms with Crippen LogP contribution in [-0.2, 0) is 25.7 Å². The number of ether oxygens (including phenoxy) is 2. The summed E-state index contributed by atoms with van der Waals surface area (Å²) in [6.45, 7) is 1.69. The summed E-state index contributed by atoms with van der Waals surface area (Å²) in [5.41, 5.74) is 0.925. The molecule has 0 saturated carbocycles. The van der Waals surface area contributed by atoms with Gasteiger partial charge in [-0.3, -0.25) is 4.79 Å². The van der Waals surface area contributed by atoms with Gasteiger partial charge >= 0.3 is 12.1 Å². The topological polar surface area (TPSA) is 76.2 Å². The van der Waals surface area contributed by atoms with Crippen LogP contribution in [0.5, 0.6) is 0 Å². The quantitative estimate of drug-likeness (QED) is 0.755. The predicted octanol–water partition coefficient (Wildman–Crippen LogP) is 2.20. The molecule has 2 atom stereocenters. The van der Waals surface area contributed by atoms with Gasteiger partial charge in [0.05, 0.1) is 13.0 Å². The van der Waals surface area contributed by atoms with E-state index in [4.69, 9.17) is 9.47 Å². The summed E-state index contributed by atoms with van der Waals surface area (Å²) in [7, 11) is 1.34. The Hall–Kier alpha value is -2.57. The van der Waals surface area contributed by atoms with Crippen LogP contribution in [-0.4, -0.2) is 60.6 Å². The molecule has 1 unspecified atom stereocenters. The van der Waals surface area contributed by atoms with E-state index in [2.05, 4.69) is 0 Å². The molecule has 7 heteroatoms. The summed E-state index contributed by atoms with van der Waals surface area (Å²) in [5, 5.41) is 0. The van der Waals surface area contributed by atoms with Gasteiger partial charge in [-0.15, -0.1) is 0 Å². The molecule has 0 radical (unpaired) electrons. The highest BCUT2D eigenvalue weighted by Crippen LogP contribution is 2.25. The van der Waals surface area contributed by atoms with Gasteiger partial charge in [-0.1, -0.05) is 30.3 Å². The van der Waals surface area contributed by atoms with Crippen molar-refractivity contribution in [1.82, 2.24) is 9.80 Å². The van der Waals surface area contributed by atoms with Gasteiger partial charge in [-0.2, -0.15) is 0 Å². The standard InChI is InChI=1S/C20H26N2O5/c1-26-19(24)17-10-6-12-22(17)18(23)16-9-5-11-21(13-16)20(25)27-14-15-7-3-2-4-8-15/h2-4,7-8,16-17H,5-6,9-14H2,1H3/t16?,17-/m0/s1. The van der Waals surface area contributed by atoms with E-state index >= 15 is 0 Å². The fourth-order valence-corrected chi connectivity index (χ4v) is 3.80. The minimum absolute atomic E-state index is 0.0662. The van der Waals surface area contributed by atoms with Gasteiger partial charge in [0, 0.05) is 19.6 Å². The number of rotatable bonds is 4. The van der Waals surface area contributed by atoms with Crippen LogP contribution in [0, 0.1) is 5.92 Å². The van der Waals surface area contributed by atoms with Crippen molar-refractivity contribution in [3.8, 4) is 0 Å². The largest absolute Gasteiger partial charge is 0.467 e. The second-order valence-electron chi connectivity index (χ2n) is 7.04. The van der Waals surface area contributed by atoms with Crippen molar-refractivity contribution in [2.75, 3.05) is 26.7 Å². The molecule has 7 nitrogen and oxygen atoms in total. The highest BCUT2D eigenvalue weighted by molar-refractivity contribution is 5.87. The van der Waals surface area contributed by atoms with Gasteiger partial charge in [0.25, 0.3) is 0 Å². The van der Waals surface area contributed by atoms with E-state index in [1.54, 1.807) is 9.80 Å². The molecule has 2 heterocycles. The first kappa shape index (κ1) is 19.2. The van der Waals surface area contributed by atoms with Crippen molar-refractivity contribution >= 4 is 18.0 Å². The Morgan fingerprint density at radius 3 is 2.56 bits per heavy atom. The molecule has 1 aromatic carbocycles. The minimum Gasteiger partial charge on any atom is -0.467 e. The summed E-state index contributed by atoms with van der Waals surface area (Å²) < 4.78 is 10.2. The molecule has 1 aromatic rings. The van der Waals surface area contributed by atoms with E-state index in [-0.39, 0.29) is 24.4 Å². The lowest BCUT2D eigenvalue weighted by Crippen LogP contribution is -2.49. The molecule has 0 aliphatic carbocycles. The number of nitrogens with zero attached hydrogens (tertiary/aromatic N) is 2. The maximum Gasteiger partial charge on any atom is 0.410 e. The average Bonchev–Trinajstić information content (AvgIpc) is 3.21. The van der Waals surface area contributed by atoms with Crippen LogP contribution in [0.15, 0.2) is 30.3 Å². The predicted molar refractivity (Wildman–Crippen MR) is 97.7 cm³/mol. The van der Waals surface area contributed by atoms with Crippen LogP contribution in [0.3, 0.4) is 0 Å². The molecule has 2 aliphatic heterocycles. The van der Waals surface area contributed by atoms with E-state index in [0.29, 0.717) is 32.5 Å². The number of piperidine rings is 1. The first-order valence-corrected chi connectivity index (χ1v) is 9.44. The molecule has 2 amide bonds. The number of carbonyl (C=O) groups is 3. The smallest absolute Gasteiger partial charge is 0.410 e. The van der Waals surface area contributed by atoms with Crippen molar-refractivity contribution in [2.45, 2.75) is 38.3 Å². The fraction of sp³-hybridized carbons (Fsp3) is 0.550. The van der Waals surface area contributed by atoms with Gasteiger partial charge < -0.3 is 19.3 Å². The second kappa shape index (κ2) is 8.88. The summed E-state index contributed by atoms with van der Waals surface area (Å²) in [4.78, 5) is 40.4. The molecule has 0 N–H and O–H groups in total. The Labute approximate surface area is 159 Å². The minimum atomic E-state index is -0.497. The number of likely N-dealkylation sites (tertiary alicyclic amines) is 2. The molecule has 27 heavy (non-hydrogen) atoms. The maximum absolute atomic E-state index is 12.9. The van der Waals surface area contributed by atoms with Gasteiger partial charge in [0.1, 0.15) is 12.6 Å². The van der Waals surface area contributed by atoms with Crippen molar-refractivity contribution in [2.24, 2.45) is 5.92 Å². The lowest BCUT2D eigenvalue weighted by atomic mass is 9.96. The number of benzene rings is 1. The van der Waals surface area contributed by atoms with E-state index in [9.17, 15) is 14.4 Å². The normalized spacial score (nSPS) is 22.4. The molecule has 2 saturated heterocycles. The molecule has 0 bridgehead atoms. The molecule has 2 fully saturated rings. The Kier molecular flexibility index (Phi) is 6.32. The number of amides is 2. The summed E-state index contributed by atoms with van der Waals surface area (Å²) in [6.07, 6.45) is 2.48. The molecule has 0 aromatic heterocycles. The zero-order chi connectivity index (χ0) is 19.2. The molecular weight excluding hydrogens is 348 g/mol. The SMILES string of the molecule is COC(=O)[C@@H]1CCCN1C(=O)C1CCCN(C(=O)OCc2ccccc2)C1. The summed E-state index contributed by atoms with van der Waals surface area (Å²) in [6, 6.07) is 9.00. The van der Waals surface area contributed by atoms with Crippen LogP contribution >= 0.6 is 0 Å². The van der Waals surface area contributed by atoms with Crippen LogP contribution < -0.4 is 0 Å². The number of hydrogen-bond acceptors (Lipinski definition) is 5. The molecule has 3 rings (SSSR count). The number of esters is 1.